The second-order valence-electron chi connectivity index (χ2n) is 7.53. The van der Waals surface area contributed by atoms with E-state index in [1.807, 2.05) is 29.6 Å². The molecule has 1 saturated heterocycles. The SMILES string of the molecule is CC(C)c1nc(C2CCCN(C(=O)c3cnn(C4CCC4)c3)C2)no1. The Hall–Kier alpha value is -2.18. The van der Waals surface area contributed by atoms with Gasteiger partial charge in [-0.05, 0) is 32.1 Å². The second-order valence-corrected chi connectivity index (χ2v) is 7.53. The fourth-order valence-electron chi connectivity index (χ4n) is 3.50. The van der Waals surface area contributed by atoms with Crippen LogP contribution in [0.25, 0.3) is 0 Å². The van der Waals surface area contributed by atoms with Gasteiger partial charge in [-0.1, -0.05) is 19.0 Å². The van der Waals surface area contributed by atoms with Crippen molar-refractivity contribution in [3.63, 3.8) is 0 Å². The summed E-state index contributed by atoms with van der Waals surface area (Å²) in [5, 5.41) is 8.52. The van der Waals surface area contributed by atoms with Crippen molar-refractivity contribution in [2.24, 2.45) is 0 Å². The van der Waals surface area contributed by atoms with Crippen LogP contribution in [0.3, 0.4) is 0 Å². The van der Waals surface area contributed by atoms with Crippen molar-refractivity contribution < 1.29 is 9.32 Å². The Labute approximate surface area is 147 Å². The largest absolute Gasteiger partial charge is 0.339 e. The van der Waals surface area contributed by atoms with Crippen molar-refractivity contribution in [3.05, 3.63) is 29.7 Å². The van der Waals surface area contributed by atoms with Gasteiger partial charge < -0.3 is 9.42 Å². The molecule has 0 aromatic carbocycles. The molecule has 1 aliphatic carbocycles. The second kappa shape index (κ2) is 6.61. The van der Waals surface area contributed by atoms with Crippen LogP contribution in [-0.2, 0) is 0 Å². The van der Waals surface area contributed by atoms with Gasteiger partial charge in [-0.25, -0.2) is 0 Å². The van der Waals surface area contributed by atoms with Gasteiger partial charge in [-0.15, -0.1) is 0 Å². The molecule has 7 nitrogen and oxygen atoms in total. The molecule has 0 radical (unpaired) electrons. The van der Waals surface area contributed by atoms with E-state index in [1.54, 1.807) is 6.20 Å². The Morgan fingerprint density at radius 1 is 1.28 bits per heavy atom. The van der Waals surface area contributed by atoms with Crippen molar-refractivity contribution in [2.45, 2.75) is 63.8 Å². The van der Waals surface area contributed by atoms with Crippen LogP contribution in [0.4, 0.5) is 0 Å². The predicted molar refractivity (Wildman–Crippen MR) is 91.4 cm³/mol. The zero-order chi connectivity index (χ0) is 17.4. The van der Waals surface area contributed by atoms with Crippen molar-refractivity contribution in [1.82, 2.24) is 24.8 Å². The molecule has 1 unspecified atom stereocenters. The van der Waals surface area contributed by atoms with Gasteiger partial charge in [0, 0.05) is 31.1 Å². The topological polar surface area (TPSA) is 77.1 Å². The van der Waals surface area contributed by atoms with Crippen molar-refractivity contribution in [1.29, 1.82) is 0 Å². The highest BCUT2D eigenvalue weighted by Gasteiger charge is 2.30. The summed E-state index contributed by atoms with van der Waals surface area (Å²) in [6, 6.07) is 0.476. The third-order valence-corrected chi connectivity index (χ3v) is 5.32. The molecule has 1 atom stereocenters. The molecule has 3 heterocycles. The number of carbonyl (C=O) groups excluding carboxylic acids is 1. The van der Waals surface area contributed by atoms with Crippen LogP contribution in [0, 0.1) is 0 Å². The van der Waals surface area contributed by atoms with Gasteiger partial charge in [0.25, 0.3) is 5.91 Å². The van der Waals surface area contributed by atoms with Gasteiger partial charge in [-0.3, -0.25) is 9.48 Å². The molecule has 7 heteroatoms. The lowest BCUT2D eigenvalue weighted by molar-refractivity contribution is 0.0703. The van der Waals surface area contributed by atoms with E-state index in [1.165, 1.54) is 6.42 Å². The van der Waals surface area contributed by atoms with E-state index < -0.39 is 0 Å². The molecule has 25 heavy (non-hydrogen) atoms. The van der Waals surface area contributed by atoms with Crippen LogP contribution in [-0.4, -0.2) is 43.8 Å². The smallest absolute Gasteiger partial charge is 0.257 e. The predicted octanol–water partition coefficient (Wildman–Crippen LogP) is 3.13. The van der Waals surface area contributed by atoms with Crippen LogP contribution in [0.1, 0.15) is 85.9 Å². The molecule has 2 aliphatic rings. The zero-order valence-electron chi connectivity index (χ0n) is 14.9. The minimum absolute atomic E-state index is 0.0582. The molecule has 1 aliphatic heterocycles. The van der Waals surface area contributed by atoms with Crippen LogP contribution in [0.2, 0.25) is 0 Å². The Bertz CT molecular complexity index is 746. The number of carbonyl (C=O) groups is 1. The number of hydrogen-bond acceptors (Lipinski definition) is 5. The summed E-state index contributed by atoms with van der Waals surface area (Å²) < 4.78 is 7.28. The molecule has 2 aromatic rings. The molecule has 2 aromatic heterocycles. The zero-order valence-corrected chi connectivity index (χ0v) is 14.9. The average Bonchev–Trinajstić information content (AvgIpc) is 3.22. The van der Waals surface area contributed by atoms with Crippen molar-refractivity contribution in [2.75, 3.05) is 13.1 Å². The molecular weight excluding hydrogens is 318 g/mol. The number of nitrogens with zero attached hydrogens (tertiary/aromatic N) is 5. The summed E-state index contributed by atoms with van der Waals surface area (Å²) in [7, 11) is 0. The molecule has 2 fully saturated rings. The minimum Gasteiger partial charge on any atom is -0.339 e. The van der Waals surface area contributed by atoms with Crippen molar-refractivity contribution in [3.8, 4) is 0 Å². The highest BCUT2D eigenvalue weighted by Crippen LogP contribution is 2.31. The van der Waals surface area contributed by atoms with Gasteiger partial charge in [-0.2, -0.15) is 10.1 Å². The first-order chi connectivity index (χ1) is 12.1. The highest BCUT2D eigenvalue weighted by molar-refractivity contribution is 5.93. The number of aromatic nitrogens is 4. The van der Waals surface area contributed by atoms with Crippen LogP contribution >= 0.6 is 0 Å². The Morgan fingerprint density at radius 3 is 2.80 bits per heavy atom. The van der Waals surface area contributed by atoms with E-state index in [9.17, 15) is 4.79 Å². The first kappa shape index (κ1) is 16.3. The Balaban J connectivity index is 1.44. The van der Waals surface area contributed by atoms with E-state index in [-0.39, 0.29) is 17.7 Å². The minimum atomic E-state index is 0.0582. The van der Waals surface area contributed by atoms with Crippen molar-refractivity contribution >= 4 is 5.91 Å². The molecule has 0 N–H and O–H groups in total. The Kier molecular flexibility index (Phi) is 4.31. The first-order valence-corrected chi connectivity index (χ1v) is 9.28. The standard InChI is InChI=1S/C18H25N5O2/c1-12(2)17-20-16(21-25-17)13-5-4-8-22(10-13)18(24)14-9-19-23(11-14)15-6-3-7-15/h9,11-13,15H,3-8,10H2,1-2H3. The van der Waals surface area contributed by atoms with E-state index in [4.69, 9.17) is 4.52 Å². The number of rotatable bonds is 4. The summed E-state index contributed by atoms with van der Waals surface area (Å²) in [4.78, 5) is 19.3. The van der Waals surface area contributed by atoms with Crippen LogP contribution in [0.15, 0.2) is 16.9 Å². The highest BCUT2D eigenvalue weighted by atomic mass is 16.5. The first-order valence-electron chi connectivity index (χ1n) is 9.28. The lowest BCUT2D eigenvalue weighted by Crippen LogP contribution is -2.39. The number of amides is 1. The molecule has 1 saturated carbocycles. The van der Waals surface area contributed by atoms with E-state index in [0.29, 0.717) is 24.0 Å². The maximum atomic E-state index is 12.8. The third-order valence-electron chi connectivity index (χ3n) is 5.32. The molecule has 134 valence electrons. The van der Waals surface area contributed by atoms with Gasteiger partial charge in [0.05, 0.1) is 17.8 Å². The van der Waals surface area contributed by atoms with E-state index in [2.05, 4.69) is 15.2 Å². The molecule has 4 rings (SSSR count). The summed E-state index contributed by atoms with van der Waals surface area (Å²) in [5.74, 6) is 1.82. The number of likely N-dealkylation sites (tertiary alicyclic amines) is 1. The molecule has 1 amide bonds. The van der Waals surface area contributed by atoms with Crippen LogP contribution < -0.4 is 0 Å². The average molecular weight is 343 g/mol. The van der Waals surface area contributed by atoms with Gasteiger partial charge in [0.1, 0.15) is 0 Å². The fraction of sp³-hybridized carbons (Fsp3) is 0.667. The maximum Gasteiger partial charge on any atom is 0.257 e. The summed E-state index contributed by atoms with van der Waals surface area (Å²) in [6.07, 6.45) is 9.14. The maximum absolute atomic E-state index is 12.8. The molecule has 0 bridgehead atoms. The van der Waals surface area contributed by atoms with Crippen LogP contribution in [0.5, 0.6) is 0 Å². The van der Waals surface area contributed by atoms with E-state index >= 15 is 0 Å². The lowest BCUT2D eigenvalue weighted by Gasteiger charge is -2.31. The molecule has 0 spiro atoms. The lowest BCUT2D eigenvalue weighted by atomic mass is 9.93. The number of piperidine rings is 1. The van der Waals surface area contributed by atoms with Gasteiger partial charge in [0.15, 0.2) is 5.82 Å². The third kappa shape index (κ3) is 3.19. The summed E-state index contributed by atoms with van der Waals surface area (Å²) in [6.45, 7) is 5.49. The van der Waals surface area contributed by atoms with E-state index in [0.717, 1.165) is 38.1 Å². The monoisotopic (exact) mass is 343 g/mol. The Morgan fingerprint density at radius 2 is 2.12 bits per heavy atom. The normalized spacial score (nSPS) is 21.6. The summed E-state index contributed by atoms with van der Waals surface area (Å²) >= 11 is 0. The van der Waals surface area contributed by atoms with Gasteiger partial charge >= 0.3 is 0 Å². The van der Waals surface area contributed by atoms with Gasteiger partial charge in [0.2, 0.25) is 5.89 Å². The quantitative estimate of drug-likeness (QED) is 0.852. The fourth-order valence-corrected chi connectivity index (χ4v) is 3.50. The molecular formula is C18H25N5O2. The summed E-state index contributed by atoms with van der Waals surface area (Å²) in [5.41, 5.74) is 0.684. The number of hydrogen-bond donors (Lipinski definition) is 0.